The first-order valence-corrected chi connectivity index (χ1v) is 6.89. The summed E-state index contributed by atoms with van der Waals surface area (Å²) in [5, 5.41) is 2.97. The normalized spacial score (nSPS) is 21.2. The van der Waals surface area contributed by atoms with Crippen molar-refractivity contribution in [2.24, 2.45) is 5.73 Å². The molecular formula is C13H27Cl2N3O. The Labute approximate surface area is 128 Å². The Bertz CT molecular complexity index is 279. The van der Waals surface area contributed by atoms with E-state index in [1.807, 2.05) is 0 Å². The van der Waals surface area contributed by atoms with E-state index >= 15 is 0 Å². The lowest BCUT2D eigenvalue weighted by atomic mass is 9.77. The van der Waals surface area contributed by atoms with Crippen LogP contribution in [0.2, 0.25) is 0 Å². The summed E-state index contributed by atoms with van der Waals surface area (Å²) in [6.07, 6.45) is 8.11. The fourth-order valence-electron chi connectivity index (χ4n) is 2.83. The molecule has 6 heteroatoms. The number of rotatable bonds is 5. The fourth-order valence-corrected chi connectivity index (χ4v) is 2.83. The first-order chi connectivity index (χ1) is 8.12. The number of nitrogens with one attached hydrogen (secondary N) is 1. The Balaban J connectivity index is 0.00000162. The molecule has 0 heterocycles. The maximum atomic E-state index is 11.8. The first-order valence-electron chi connectivity index (χ1n) is 6.89. The molecule has 3 N–H and O–H groups in total. The van der Waals surface area contributed by atoms with E-state index in [0.717, 1.165) is 38.4 Å². The van der Waals surface area contributed by atoms with Gasteiger partial charge in [-0.1, -0.05) is 12.8 Å². The monoisotopic (exact) mass is 311 g/mol. The van der Waals surface area contributed by atoms with Crippen LogP contribution < -0.4 is 11.1 Å². The number of amides is 1. The highest BCUT2D eigenvalue weighted by Gasteiger charge is 2.39. The molecule has 0 saturated heterocycles. The van der Waals surface area contributed by atoms with Crippen molar-refractivity contribution in [3.8, 4) is 0 Å². The Kier molecular flexibility index (Phi) is 8.29. The fraction of sp³-hybridized carbons (Fsp3) is 0.923. The zero-order chi connectivity index (χ0) is 12.3. The molecule has 2 fully saturated rings. The smallest absolute Gasteiger partial charge is 0.240 e. The molecule has 2 saturated carbocycles. The van der Waals surface area contributed by atoms with Crippen LogP contribution in [0.5, 0.6) is 0 Å². The molecule has 4 nitrogen and oxygen atoms in total. The number of carbonyl (C=O) groups excluding carboxylic acids is 1. The third kappa shape index (κ3) is 4.78. The van der Waals surface area contributed by atoms with Gasteiger partial charge in [-0.2, -0.15) is 0 Å². The average molecular weight is 312 g/mol. The summed E-state index contributed by atoms with van der Waals surface area (Å²) in [4.78, 5) is 14.2. The van der Waals surface area contributed by atoms with E-state index in [9.17, 15) is 4.79 Å². The molecule has 0 bridgehead atoms. The van der Waals surface area contributed by atoms with E-state index < -0.39 is 5.54 Å². The summed E-state index contributed by atoms with van der Waals surface area (Å²) in [7, 11) is 2.16. The van der Waals surface area contributed by atoms with Gasteiger partial charge in [-0.15, -0.1) is 24.8 Å². The van der Waals surface area contributed by atoms with Crippen molar-refractivity contribution in [1.82, 2.24) is 10.2 Å². The molecule has 1 amide bonds. The quantitative estimate of drug-likeness (QED) is 0.812. The van der Waals surface area contributed by atoms with Crippen molar-refractivity contribution in [2.75, 3.05) is 20.1 Å². The van der Waals surface area contributed by atoms with Crippen LogP contribution >= 0.6 is 24.8 Å². The van der Waals surface area contributed by atoms with E-state index in [1.165, 1.54) is 25.7 Å². The number of nitrogens with zero attached hydrogens (tertiary/aromatic N) is 1. The molecular weight excluding hydrogens is 285 g/mol. The van der Waals surface area contributed by atoms with Crippen LogP contribution in [0.15, 0.2) is 0 Å². The lowest BCUT2D eigenvalue weighted by Gasteiger charge is -2.36. The highest BCUT2D eigenvalue weighted by atomic mass is 35.5. The Morgan fingerprint density at radius 3 is 2.32 bits per heavy atom. The molecule has 2 rings (SSSR count). The molecule has 0 aromatic heterocycles. The van der Waals surface area contributed by atoms with Gasteiger partial charge in [0.2, 0.25) is 5.91 Å². The maximum Gasteiger partial charge on any atom is 0.240 e. The molecule has 2 aliphatic carbocycles. The van der Waals surface area contributed by atoms with Gasteiger partial charge in [-0.25, -0.2) is 0 Å². The third-order valence-corrected chi connectivity index (χ3v) is 4.40. The minimum absolute atomic E-state index is 0. The molecule has 0 unspecified atom stereocenters. The average Bonchev–Trinajstić information content (AvgIpc) is 2.78. The van der Waals surface area contributed by atoms with Crippen LogP contribution in [0.1, 0.15) is 44.9 Å². The van der Waals surface area contributed by atoms with Gasteiger partial charge in [-0.05, 0) is 39.2 Å². The standard InChI is InChI=1S/C13H25N3O.2ClH/c1-16(11-5-2-3-6-11)10-9-15-12(17)13(14)7-4-8-13;;/h11H,2-10,14H2,1H3,(H,15,17);2*1H. The number of hydrogen-bond acceptors (Lipinski definition) is 3. The van der Waals surface area contributed by atoms with Gasteiger partial charge in [0.1, 0.15) is 0 Å². The van der Waals surface area contributed by atoms with Gasteiger partial charge in [-0.3, -0.25) is 4.79 Å². The Morgan fingerprint density at radius 1 is 1.26 bits per heavy atom. The summed E-state index contributed by atoms with van der Waals surface area (Å²) in [6.45, 7) is 1.66. The van der Waals surface area contributed by atoms with Crippen LogP contribution in [0.25, 0.3) is 0 Å². The number of hydrogen-bond donors (Lipinski definition) is 2. The largest absolute Gasteiger partial charge is 0.353 e. The highest BCUT2D eigenvalue weighted by Crippen LogP contribution is 2.29. The molecule has 19 heavy (non-hydrogen) atoms. The minimum atomic E-state index is -0.550. The molecule has 0 aromatic carbocycles. The van der Waals surface area contributed by atoms with Crippen molar-refractivity contribution in [2.45, 2.75) is 56.5 Å². The highest BCUT2D eigenvalue weighted by molar-refractivity contribution is 5.87. The lowest BCUT2D eigenvalue weighted by molar-refractivity contribution is -0.129. The van der Waals surface area contributed by atoms with E-state index in [1.54, 1.807) is 0 Å². The van der Waals surface area contributed by atoms with Gasteiger partial charge in [0, 0.05) is 19.1 Å². The molecule has 0 radical (unpaired) electrons. The lowest BCUT2D eigenvalue weighted by Crippen LogP contribution is -2.59. The SMILES string of the molecule is CN(CCNC(=O)C1(N)CCC1)C1CCCC1.Cl.Cl. The second-order valence-electron chi connectivity index (χ2n) is 5.68. The molecule has 0 aliphatic heterocycles. The summed E-state index contributed by atoms with van der Waals surface area (Å²) in [6, 6.07) is 0.724. The Hall–Kier alpha value is -0.0300. The summed E-state index contributed by atoms with van der Waals surface area (Å²) < 4.78 is 0. The minimum Gasteiger partial charge on any atom is -0.353 e. The predicted molar refractivity (Wildman–Crippen MR) is 83.2 cm³/mol. The van der Waals surface area contributed by atoms with Gasteiger partial charge in [0.05, 0.1) is 5.54 Å². The van der Waals surface area contributed by atoms with Crippen LogP contribution in [-0.2, 0) is 4.79 Å². The van der Waals surface area contributed by atoms with E-state index in [0.29, 0.717) is 0 Å². The van der Waals surface area contributed by atoms with Gasteiger partial charge in [0.25, 0.3) is 0 Å². The van der Waals surface area contributed by atoms with Crippen LogP contribution in [0.3, 0.4) is 0 Å². The predicted octanol–water partition coefficient (Wildman–Crippen LogP) is 1.70. The van der Waals surface area contributed by atoms with Gasteiger partial charge < -0.3 is 16.0 Å². The van der Waals surface area contributed by atoms with Crippen molar-refractivity contribution in [3.05, 3.63) is 0 Å². The third-order valence-electron chi connectivity index (χ3n) is 4.40. The maximum absolute atomic E-state index is 11.8. The second-order valence-corrected chi connectivity index (χ2v) is 5.68. The number of carbonyl (C=O) groups is 1. The number of likely N-dealkylation sites (N-methyl/N-ethyl adjacent to an activating group) is 1. The summed E-state index contributed by atoms with van der Waals surface area (Å²) >= 11 is 0. The zero-order valence-corrected chi connectivity index (χ0v) is 13.3. The van der Waals surface area contributed by atoms with Crippen molar-refractivity contribution < 1.29 is 4.79 Å². The van der Waals surface area contributed by atoms with Crippen LogP contribution in [-0.4, -0.2) is 42.5 Å². The molecule has 2 aliphatic rings. The molecule has 0 atom stereocenters. The van der Waals surface area contributed by atoms with E-state index in [2.05, 4.69) is 17.3 Å². The van der Waals surface area contributed by atoms with E-state index in [4.69, 9.17) is 5.73 Å². The van der Waals surface area contributed by atoms with Crippen molar-refractivity contribution in [1.29, 1.82) is 0 Å². The topological polar surface area (TPSA) is 58.4 Å². The van der Waals surface area contributed by atoms with Crippen LogP contribution in [0.4, 0.5) is 0 Å². The van der Waals surface area contributed by atoms with Gasteiger partial charge >= 0.3 is 0 Å². The Morgan fingerprint density at radius 2 is 1.84 bits per heavy atom. The van der Waals surface area contributed by atoms with E-state index in [-0.39, 0.29) is 30.7 Å². The second kappa shape index (κ2) is 8.30. The number of nitrogens with two attached hydrogens (primary N) is 1. The number of halogens is 2. The summed E-state index contributed by atoms with van der Waals surface area (Å²) in [5.41, 5.74) is 5.41. The molecule has 0 aromatic rings. The van der Waals surface area contributed by atoms with Crippen molar-refractivity contribution in [3.63, 3.8) is 0 Å². The summed E-state index contributed by atoms with van der Waals surface area (Å²) in [5.74, 6) is 0.0450. The first kappa shape index (κ1) is 19.0. The molecule has 114 valence electrons. The van der Waals surface area contributed by atoms with Crippen molar-refractivity contribution >= 4 is 30.7 Å². The van der Waals surface area contributed by atoms with Crippen LogP contribution in [0, 0.1) is 0 Å². The molecule has 0 spiro atoms. The zero-order valence-electron chi connectivity index (χ0n) is 11.7. The van der Waals surface area contributed by atoms with Gasteiger partial charge in [0.15, 0.2) is 0 Å².